The number of hydrogen-bond acceptors (Lipinski definition) is 5. The fourth-order valence-corrected chi connectivity index (χ4v) is 4.43. The minimum absolute atomic E-state index is 0.0399. The van der Waals surface area contributed by atoms with Crippen LogP contribution in [0.3, 0.4) is 0 Å². The summed E-state index contributed by atoms with van der Waals surface area (Å²) in [7, 11) is 0. The van der Waals surface area contributed by atoms with E-state index < -0.39 is 0 Å². The highest BCUT2D eigenvalue weighted by atomic mass is 35.5. The highest BCUT2D eigenvalue weighted by molar-refractivity contribution is 7.98. The lowest BCUT2D eigenvalue weighted by Gasteiger charge is -2.31. The number of carbonyl (C=O) groups is 1. The molecule has 142 valence electrons. The Bertz CT molecular complexity index is 855. The van der Waals surface area contributed by atoms with Gasteiger partial charge in [-0.25, -0.2) is 4.98 Å². The molecular weight excluding hydrogens is 382 g/mol. The molecule has 0 spiro atoms. The van der Waals surface area contributed by atoms with Gasteiger partial charge in [0.25, 0.3) is 5.91 Å². The van der Waals surface area contributed by atoms with E-state index in [4.69, 9.17) is 16.3 Å². The summed E-state index contributed by atoms with van der Waals surface area (Å²) < 4.78 is 5.82. The smallest absolute Gasteiger partial charge is 0.255 e. The number of rotatable bonds is 3. The van der Waals surface area contributed by atoms with Gasteiger partial charge in [-0.15, -0.1) is 11.8 Å². The molecule has 0 aliphatic carbocycles. The van der Waals surface area contributed by atoms with E-state index in [1.807, 2.05) is 35.4 Å². The molecule has 2 aliphatic rings. The van der Waals surface area contributed by atoms with E-state index in [9.17, 15) is 4.79 Å². The monoisotopic (exact) mass is 403 g/mol. The molecule has 0 atom stereocenters. The van der Waals surface area contributed by atoms with E-state index in [1.165, 1.54) is 6.42 Å². The van der Waals surface area contributed by atoms with Gasteiger partial charge in [0, 0.05) is 29.9 Å². The number of likely N-dealkylation sites (tertiary alicyclic amines) is 1. The van der Waals surface area contributed by atoms with Crippen molar-refractivity contribution >= 4 is 40.8 Å². The summed E-state index contributed by atoms with van der Waals surface area (Å²) in [5.74, 6) is 1.41. The second-order valence-electron chi connectivity index (χ2n) is 6.72. The Morgan fingerprint density at radius 3 is 2.74 bits per heavy atom. The summed E-state index contributed by atoms with van der Waals surface area (Å²) >= 11 is 8.00. The van der Waals surface area contributed by atoms with E-state index in [1.54, 1.807) is 18.0 Å². The van der Waals surface area contributed by atoms with Crippen molar-refractivity contribution in [2.75, 3.05) is 37.4 Å². The van der Waals surface area contributed by atoms with E-state index in [0.717, 1.165) is 47.4 Å². The van der Waals surface area contributed by atoms with Gasteiger partial charge in [0.05, 0.1) is 17.1 Å². The number of ether oxygens (including phenoxy) is 1. The zero-order chi connectivity index (χ0) is 18.8. The van der Waals surface area contributed by atoms with Gasteiger partial charge < -0.3 is 14.5 Å². The maximum atomic E-state index is 12.7. The molecule has 2 aliphatic heterocycles. The molecule has 7 heteroatoms. The van der Waals surface area contributed by atoms with Crippen molar-refractivity contribution in [3.05, 3.63) is 41.0 Å². The van der Waals surface area contributed by atoms with E-state index in [0.29, 0.717) is 24.5 Å². The average Bonchev–Trinajstić information content (AvgIpc) is 2.73. The topological polar surface area (TPSA) is 45.7 Å². The summed E-state index contributed by atoms with van der Waals surface area (Å²) in [6, 6.07) is 7.84. The Morgan fingerprint density at radius 2 is 2.00 bits per heavy atom. The van der Waals surface area contributed by atoms with Gasteiger partial charge in [0.2, 0.25) is 0 Å². The fraction of sp³-hybridized carbons (Fsp3) is 0.400. The maximum Gasteiger partial charge on any atom is 0.255 e. The van der Waals surface area contributed by atoms with Crippen LogP contribution in [0.4, 0.5) is 11.5 Å². The summed E-state index contributed by atoms with van der Waals surface area (Å²) in [6.07, 6.45) is 7.01. The van der Waals surface area contributed by atoms with E-state index >= 15 is 0 Å². The predicted molar refractivity (Wildman–Crippen MR) is 110 cm³/mol. The molecule has 0 unspecified atom stereocenters. The first-order valence-corrected chi connectivity index (χ1v) is 10.8. The molecule has 1 fully saturated rings. The average molecular weight is 404 g/mol. The first kappa shape index (κ1) is 18.4. The van der Waals surface area contributed by atoms with Gasteiger partial charge in [-0.2, -0.15) is 0 Å². The number of carbonyl (C=O) groups excluding carboxylic acids is 1. The summed E-state index contributed by atoms with van der Waals surface area (Å²) in [5.41, 5.74) is 1.57. The van der Waals surface area contributed by atoms with Crippen LogP contribution in [0.15, 0.2) is 35.4 Å². The third-order valence-corrected chi connectivity index (χ3v) is 6.22. The molecule has 0 saturated carbocycles. The number of aromatic nitrogens is 1. The van der Waals surface area contributed by atoms with Crippen molar-refractivity contribution in [2.45, 2.75) is 24.2 Å². The van der Waals surface area contributed by atoms with E-state index in [2.05, 4.69) is 9.88 Å². The number of halogens is 1. The van der Waals surface area contributed by atoms with Gasteiger partial charge in [0.1, 0.15) is 6.61 Å². The van der Waals surface area contributed by atoms with Crippen molar-refractivity contribution in [2.24, 2.45) is 0 Å². The molecule has 27 heavy (non-hydrogen) atoms. The molecule has 0 radical (unpaired) electrons. The number of amides is 1. The molecule has 1 saturated heterocycles. The number of benzene rings is 1. The molecule has 1 amide bonds. The third kappa shape index (κ3) is 3.73. The van der Waals surface area contributed by atoms with Crippen molar-refractivity contribution in [1.29, 1.82) is 0 Å². The van der Waals surface area contributed by atoms with Crippen LogP contribution in [0.2, 0.25) is 5.02 Å². The third-order valence-electron chi connectivity index (χ3n) is 5.00. The second kappa shape index (κ2) is 7.98. The molecule has 0 N–H and O–H groups in total. The zero-order valence-electron chi connectivity index (χ0n) is 15.3. The largest absolute Gasteiger partial charge is 0.488 e. The number of fused-ring (bicyclic) bond motifs is 1. The van der Waals surface area contributed by atoms with E-state index in [-0.39, 0.29) is 5.91 Å². The Balaban J connectivity index is 1.62. The second-order valence-corrected chi connectivity index (χ2v) is 7.97. The molecule has 3 heterocycles. The fourth-order valence-electron chi connectivity index (χ4n) is 3.57. The SMILES string of the molecule is CSc1ccc(N2CCOc3cc(C(=O)N4CCCCC4)cnc32)cc1Cl. The van der Waals surface area contributed by atoms with Crippen LogP contribution in [0.5, 0.6) is 5.75 Å². The zero-order valence-corrected chi connectivity index (χ0v) is 16.9. The minimum Gasteiger partial charge on any atom is -0.488 e. The standard InChI is InChI=1S/C20H22ClN3O2S/c1-27-18-6-5-15(12-16(18)21)24-9-10-26-17-11-14(13-22-19(17)24)20(25)23-7-3-2-4-8-23/h5-6,11-13H,2-4,7-10H2,1H3. The summed E-state index contributed by atoms with van der Waals surface area (Å²) in [6.45, 7) is 2.87. The van der Waals surface area contributed by atoms with Crippen molar-refractivity contribution in [1.82, 2.24) is 9.88 Å². The lowest BCUT2D eigenvalue weighted by Crippen LogP contribution is -2.36. The Labute approximate surface area is 168 Å². The predicted octanol–water partition coefficient (Wildman–Crippen LogP) is 4.61. The van der Waals surface area contributed by atoms with Crippen LogP contribution in [0.1, 0.15) is 29.6 Å². The van der Waals surface area contributed by atoms with Gasteiger partial charge in [-0.1, -0.05) is 11.6 Å². The Kier molecular flexibility index (Phi) is 5.45. The van der Waals surface area contributed by atoms with Gasteiger partial charge in [0.15, 0.2) is 11.6 Å². The molecule has 0 bridgehead atoms. The van der Waals surface area contributed by atoms with Crippen molar-refractivity contribution in [3.63, 3.8) is 0 Å². The molecule has 1 aromatic carbocycles. The number of nitrogens with zero attached hydrogens (tertiary/aromatic N) is 3. The number of hydrogen-bond donors (Lipinski definition) is 0. The molecule has 2 aromatic rings. The molecular formula is C20H22ClN3O2S. The lowest BCUT2D eigenvalue weighted by atomic mass is 10.1. The first-order valence-electron chi connectivity index (χ1n) is 9.20. The number of thioether (sulfide) groups is 1. The van der Waals surface area contributed by atoms with Crippen LogP contribution in [-0.2, 0) is 0 Å². The summed E-state index contributed by atoms with van der Waals surface area (Å²) in [5, 5.41) is 0.727. The number of piperidine rings is 1. The van der Waals surface area contributed by atoms with Crippen LogP contribution in [0.25, 0.3) is 0 Å². The highest BCUT2D eigenvalue weighted by Gasteiger charge is 2.25. The normalized spacial score (nSPS) is 16.7. The Morgan fingerprint density at radius 1 is 1.19 bits per heavy atom. The van der Waals surface area contributed by atoms with Gasteiger partial charge >= 0.3 is 0 Å². The van der Waals surface area contributed by atoms with Gasteiger partial charge in [-0.05, 0) is 49.8 Å². The number of pyridine rings is 1. The summed E-state index contributed by atoms with van der Waals surface area (Å²) in [4.78, 5) is 22.4. The molecule has 5 nitrogen and oxygen atoms in total. The van der Waals surface area contributed by atoms with Crippen LogP contribution in [-0.4, -0.2) is 48.3 Å². The quantitative estimate of drug-likeness (QED) is 0.700. The van der Waals surface area contributed by atoms with Gasteiger partial charge in [-0.3, -0.25) is 4.79 Å². The highest BCUT2D eigenvalue weighted by Crippen LogP contribution is 2.38. The van der Waals surface area contributed by atoms with Crippen molar-refractivity contribution in [3.8, 4) is 5.75 Å². The van der Waals surface area contributed by atoms with Crippen LogP contribution >= 0.6 is 23.4 Å². The maximum absolute atomic E-state index is 12.7. The van der Waals surface area contributed by atoms with Crippen LogP contribution < -0.4 is 9.64 Å². The minimum atomic E-state index is 0.0399. The number of anilines is 2. The van der Waals surface area contributed by atoms with Crippen LogP contribution in [0, 0.1) is 0 Å². The van der Waals surface area contributed by atoms with Crippen molar-refractivity contribution < 1.29 is 9.53 Å². The Hall–Kier alpha value is -1.92. The molecule has 4 rings (SSSR count). The molecule has 1 aromatic heterocycles. The first-order chi connectivity index (χ1) is 13.2. The lowest BCUT2D eigenvalue weighted by molar-refractivity contribution is 0.0723.